The van der Waals surface area contributed by atoms with Crippen molar-refractivity contribution in [3.05, 3.63) is 64.8 Å². The molecule has 0 bridgehead atoms. The maximum absolute atomic E-state index is 14.8. The zero-order valence-electron chi connectivity index (χ0n) is 19.5. The van der Waals surface area contributed by atoms with Crippen LogP contribution >= 0.6 is 0 Å². The molecule has 0 aliphatic carbocycles. The first-order valence-corrected chi connectivity index (χ1v) is 11.3. The maximum Gasteiger partial charge on any atom is 0.280 e. The van der Waals surface area contributed by atoms with Crippen LogP contribution in [0.3, 0.4) is 0 Å². The van der Waals surface area contributed by atoms with E-state index < -0.39 is 24.6 Å². The topological polar surface area (TPSA) is 90.7 Å². The number of imidazole rings is 1. The van der Waals surface area contributed by atoms with Crippen LogP contribution in [0.4, 0.5) is 13.2 Å². The van der Waals surface area contributed by atoms with Gasteiger partial charge < -0.3 is 19.6 Å². The molecule has 10 heteroatoms. The Labute approximate surface area is 199 Å². The number of halogens is 3. The standard InChI is InChI=1S/C25H27F3N4O3/c1-25(28,14-33)13-32-20-9-8-15(18-7-4-10-31(2)23(18)35)12-19(20)29-24(32)30-22(34)17-6-3-5-16(11-17)21(26)27/h3,5-6,8-9,11-12,18,21,33H,4,7,10,13-14H2,1-2H3,(H,29,30,34)/t18?,25-/m1/s1. The van der Waals surface area contributed by atoms with Crippen LogP contribution in [0.2, 0.25) is 0 Å². The Bertz CT molecular complexity index is 1330. The second kappa shape index (κ2) is 9.69. The zero-order chi connectivity index (χ0) is 25.3. The van der Waals surface area contributed by atoms with Gasteiger partial charge in [-0.15, -0.1) is 0 Å². The Balaban J connectivity index is 1.81. The summed E-state index contributed by atoms with van der Waals surface area (Å²) in [4.78, 5) is 34.2. The Morgan fingerprint density at radius 1 is 1.29 bits per heavy atom. The second-order valence-corrected chi connectivity index (χ2v) is 9.18. The summed E-state index contributed by atoms with van der Waals surface area (Å²) in [5, 5.41) is 9.46. The number of carbonyl (C=O) groups excluding carboxylic acids is 2. The monoisotopic (exact) mass is 488 g/mol. The van der Waals surface area contributed by atoms with Gasteiger partial charge >= 0.3 is 0 Å². The molecular formula is C25H27F3N4O3. The third-order valence-corrected chi connectivity index (χ3v) is 6.29. The van der Waals surface area contributed by atoms with Crippen LogP contribution in [-0.4, -0.2) is 57.2 Å². The smallest absolute Gasteiger partial charge is 0.280 e. The molecule has 4 rings (SSSR count). The summed E-state index contributed by atoms with van der Waals surface area (Å²) in [5.74, 6) is -1.06. The van der Waals surface area contributed by atoms with Gasteiger partial charge in [0.05, 0.1) is 30.1 Å². The summed E-state index contributed by atoms with van der Waals surface area (Å²) in [6.45, 7) is 0.865. The number of carbonyl (C=O) groups is 2. The van der Waals surface area contributed by atoms with Gasteiger partial charge in [-0.25, -0.2) is 13.2 Å². The molecule has 7 nitrogen and oxygen atoms in total. The highest BCUT2D eigenvalue weighted by Gasteiger charge is 2.29. The number of alkyl halides is 3. The van der Waals surface area contributed by atoms with Gasteiger partial charge in [-0.1, -0.05) is 18.2 Å². The van der Waals surface area contributed by atoms with Gasteiger partial charge in [0.1, 0.15) is 5.67 Å². The fraction of sp³-hybridized carbons (Fsp3) is 0.400. The number of aliphatic hydroxyl groups excluding tert-OH is 1. The summed E-state index contributed by atoms with van der Waals surface area (Å²) in [5.41, 5.74) is -0.498. The van der Waals surface area contributed by atoms with Gasteiger partial charge in [0.15, 0.2) is 0 Å². The number of nitrogens with one attached hydrogen (secondary N) is 1. The molecule has 1 aliphatic heterocycles. The van der Waals surface area contributed by atoms with E-state index in [1.807, 2.05) is 0 Å². The van der Waals surface area contributed by atoms with E-state index in [1.165, 1.54) is 29.7 Å². The lowest BCUT2D eigenvalue weighted by atomic mass is 9.90. The number of amides is 2. The largest absolute Gasteiger partial charge is 0.393 e. The van der Waals surface area contributed by atoms with Crippen molar-refractivity contribution in [2.75, 3.05) is 20.2 Å². The van der Waals surface area contributed by atoms with Crippen LogP contribution in [0.15, 0.2) is 47.5 Å². The molecule has 2 atom stereocenters. The lowest BCUT2D eigenvalue weighted by Gasteiger charge is -2.29. The Morgan fingerprint density at radius 2 is 2.06 bits per heavy atom. The Kier molecular flexibility index (Phi) is 6.84. The fourth-order valence-corrected chi connectivity index (χ4v) is 4.35. The van der Waals surface area contributed by atoms with E-state index in [0.29, 0.717) is 24.0 Å². The zero-order valence-corrected chi connectivity index (χ0v) is 19.5. The van der Waals surface area contributed by atoms with E-state index in [9.17, 15) is 27.9 Å². The average Bonchev–Trinajstić information content (AvgIpc) is 3.16. The molecule has 0 radical (unpaired) electrons. The van der Waals surface area contributed by atoms with E-state index in [2.05, 4.69) is 9.98 Å². The van der Waals surface area contributed by atoms with Crippen molar-refractivity contribution >= 4 is 22.8 Å². The highest BCUT2D eigenvalue weighted by atomic mass is 19.3. The number of piperidine rings is 1. The number of hydrogen-bond acceptors (Lipinski definition) is 3. The number of fused-ring (bicyclic) bond motifs is 1. The number of aromatic nitrogens is 2. The van der Waals surface area contributed by atoms with Gasteiger partial charge in [-0.05, 0) is 49.6 Å². The lowest BCUT2D eigenvalue weighted by Crippen LogP contribution is -2.37. The van der Waals surface area contributed by atoms with Crippen LogP contribution in [0.25, 0.3) is 11.0 Å². The number of hydrogen-bond donors (Lipinski definition) is 2. The molecule has 1 aromatic heterocycles. The van der Waals surface area contributed by atoms with E-state index in [-0.39, 0.29) is 35.1 Å². The number of rotatable bonds is 6. The Morgan fingerprint density at radius 3 is 2.77 bits per heavy atom. The maximum atomic E-state index is 14.8. The van der Waals surface area contributed by atoms with E-state index in [1.54, 1.807) is 30.1 Å². The average molecular weight is 489 g/mol. The number of aromatic amines is 1. The van der Waals surface area contributed by atoms with Crippen molar-refractivity contribution in [2.45, 2.75) is 44.3 Å². The van der Waals surface area contributed by atoms with Crippen LogP contribution in [-0.2, 0) is 11.3 Å². The van der Waals surface area contributed by atoms with E-state index in [0.717, 1.165) is 18.1 Å². The van der Waals surface area contributed by atoms with Crippen molar-refractivity contribution in [3.8, 4) is 0 Å². The summed E-state index contributed by atoms with van der Waals surface area (Å²) in [6, 6.07) is 10.3. The number of nitrogens with zero attached hydrogens (tertiary/aromatic N) is 3. The van der Waals surface area contributed by atoms with Gasteiger partial charge in [-0.2, -0.15) is 4.99 Å². The van der Waals surface area contributed by atoms with E-state index in [4.69, 9.17) is 0 Å². The first kappa shape index (κ1) is 24.7. The minimum Gasteiger partial charge on any atom is -0.393 e. The Hall–Kier alpha value is -3.40. The van der Waals surface area contributed by atoms with Crippen LogP contribution < -0.4 is 5.62 Å². The molecule has 1 fully saturated rings. The molecule has 1 saturated heterocycles. The number of likely N-dealkylation sites (N-methyl/N-ethyl adjacent to an activating group) is 1. The summed E-state index contributed by atoms with van der Waals surface area (Å²) >= 11 is 0. The van der Waals surface area contributed by atoms with Crippen molar-refractivity contribution in [1.29, 1.82) is 0 Å². The SMILES string of the molecule is CN1CCCC(c2ccc3c(c2)[nH]/c(=N\C(=O)c2cccc(C(F)F)c2)n3C[C@@](C)(F)CO)C1=O. The first-order valence-electron chi connectivity index (χ1n) is 11.3. The molecule has 1 aliphatic rings. The van der Waals surface area contributed by atoms with Gasteiger partial charge in [0.25, 0.3) is 12.3 Å². The van der Waals surface area contributed by atoms with Crippen LogP contribution in [0.1, 0.15) is 53.6 Å². The molecule has 0 saturated carbocycles. The third-order valence-electron chi connectivity index (χ3n) is 6.29. The third kappa shape index (κ3) is 5.17. The molecule has 35 heavy (non-hydrogen) atoms. The molecule has 2 heterocycles. The minimum atomic E-state index is -2.74. The van der Waals surface area contributed by atoms with Crippen molar-refractivity contribution in [1.82, 2.24) is 14.5 Å². The minimum absolute atomic E-state index is 0.00835. The molecule has 1 unspecified atom stereocenters. The number of likely N-dealkylation sites (tertiary alicyclic amines) is 1. The second-order valence-electron chi connectivity index (χ2n) is 9.18. The predicted octanol–water partition coefficient (Wildman–Crippen LogP) is 3.70. The molecular weight excluding hydrogens is 461 g/mol. The molecule has 2 aromatic carbocycles. The first-order chi connectivity index (χ1) is 16.6. The molecule has 2 N–H and O–H groups in total. The molecule has 0 spiro atoms. The number of H-pyrrole nitrogens is 1. The van der Waals surface area contributed by atoms with E-state index >= 15 is 0 Å². The van der Waals surface area contributed by atoms with Crippen LogP contribution in [0, 0.1) is 0 Å². The van der Waals surface area contributed by atoms with Gasteiger partial charge in [0.2, 0.25) is 11.5 Å². The van der Waals surface area contributed by atoms with Gasteiger partial charge in [-0.3, -0.25) is 9.59 Å². The highest BCUT2D eigenvalue weighted by Crippen LogP contribution is 2.29. The molecule has 186 valence electrons. The predicted molar refractivity (Wildman–Crippen MR) is 124 cm³/mol. The fourth-order valence-electron chi connectivity index (χ4n) is 4.35. The van der Waals surface area contributed by atoms with Crippen molar-refractivity contribution in [2.24, 2.45) is 4.99 Å². The van der Waals surface area contributed by atoms with Crippen molar-refractivity contribution < 1.29 is 27.9 Å². The summed E-state index contributed by atoms with van der Waals surface area (Å²) in [6.07, 6.45) is -1.16. The van der Waals surface area contributed by atoms with Gasteiger partial charge in [0, 0.05) is 24.7 Å². The lowest BCUT2D eigenvalue weighted by molar-refractivity contribution is -0.133. The van der Waals surface area contributed by atoms with Crippen molar-refractivity contribution in [3.63, 3.8) is 0 Å². The normalized spacial score (nSPS) is 18.9. The number of aliphatic hydroxyl groups is 1. The highest BCUT2D eigenvalue weighted by molar-refractivity contribution is 5.95. The quantitative estimate of drug-likeness (QED) is 0.554. The van der Waals surface area contributed by atoms with Crippen LogP contribution in [0.5, 0.6) is 0 Å². The number of benzene rings is 2. The molecule has 3 aromatic rings. The summed E-state index contributed by atoms with van der Waals surface area (Å²) in [7, 11) is 1.76. The summed E-state index contributed by atoms with van der Waals surface area (Å²) < 4.78 is 42.4. The molecule has 2 amide bonds.